The zero-order chi connectivity index (χ0) is 19.8. The first-order valence-corrected chi connectivity index (χ1v) is 9.37. The highest BCUT2D eigenvalue weighted by Crippen LogP contribution is 2.18. The number of para-hydroxylation sites is 1. The first-order valence-electron chi connectivity index (χ1n) is 9.37. The number of aliphatic carboxylic acids is 1. The van der Waals surface area contributed by atoms with Gasteiger partial charge in [0, 0.05) is 13.1 Å². The second-order valence-electron chi connectivity index (χ2n) is 7.16. The molecule has 1 saturated heterocycles. The molecule has 2 atom stereocenters. The molecule has 1 heterocycles. The minimum absolute atomic E-state index is 0.0536. The Labute approximate surface area is 159 Å². The maximum absolute atomic E-state index is 12.4. The molecule has 0 aromatic heterocycles. The Kier molecular flexibility index (Phi) is 7.64. The van der Waals surface area contributed by atoms with Crippen LogP contribution in [0.4, 0.5) is 0 Å². The standard InChI is InChI=1S/C20H28N2O5/c1-14(2)18(20(25)26)21-19(24)15-7-6-11-22(13-15)17(23)10-12-27-16-8-4-3-5-9-16/h3-5,8-9,14-15,18H,6-7,10-13H2,1-2H3,(H,21,24)(H,25,26)/t15?,18-/m0/s1. The average molecular weight is 376 g/mol. The highest BCUT2D eigenvalue weighted by Gasteiger charge is 2.31. The number of carbonyl (C=O) groups excluding carboxylic acids is 2. The number of carboxylic acid groups (broad SMARTS) is 1. The molecule has 0 aliphatic carbocycles. The van der Waals surface area contributed by atoms with Crippen molar-refractivity contribution in [3.63, 3.8) is 0 Å². The molecule has 0 bridgehead atoms. The van der Waals surface area contributed by atoms with Gasteiger partial charge in [-0.2, -0.15) is 0 Å². The van der Waals surface area contributed by atoms with Crippen LogP contribution in [-0.2, 0) is 14.4 Å². The second kappa shape index (κ2) is 9.94. The van der Waals surface area contributed by atoms with E-state index in [1.165, 1.54) is 0 Å². The first-order chi connectivity index (χ1) is 12.9. The Morgan fingerprint density at radius 3 is 2.59 bits per heavy atom. The fourth-order valence-electron chi connectivity index (χ4n) is 3.13. The summed E-state index contributed by atoms with van der Waals surface area (Å²) in [7, 11) is 0. The molecule has 1 aliphatic heterocycles. The smallest absolute Gasteiger partial charge is 0.326 e. The van der Waals surface area contributed by atoms with Crippen LogP contribution in [0.3, 0.4) is 0 Å². The number of benzene rings is 1. The molecular weight excluding hydrogens is 348 g/mol. The zero-order valence-corrected chi connectivity index (χ0v) is 15.9. The van der Waals surface area contributed by atoms with E-state index < -0.39 is 12.0 Å². The molecule has 2 rings (SSSR count). The second-order valence-corrected chi connectivity index (χ2v) is 7.16. The molecule has 0 radical (unpaired) electrons. The molecular formula is C20H28N2O5. The van der Waals surface area contributed by atoms with Crippen molar-refractivity contribution >= 4 is 17.8 Å². The minimum atomic E-state index is -1.04. The molecule has 0 saturated carbocycles. The van der Waals surface area contributed by atoms with Gasteiger partial charge < -0.3 is 20.1 Å². The lowest BCUT2D eigenvalue weighted by molar-refractivity contribution is -0.145. The number of likely N-dealkylation sites (tertiary alicyclic amines) is 1. The molecule has 2 N–H and O–H groups in total. The van der Waals surface area contributed by atoms with E-state index in [4.69, 9.17) is 4.74 Å². The van der Waals surface area contributed by atoms with E-state index in [9.17, 15) is 19.5 Å². The van der Waals surface area contributed by atoms with E-state index >= 15 is 0 Å². The number of nitrogens with zero attached hydrogens (tertiary/aromatic N) is 1. The highest BCUT2D eigenvalue weighted by molar-refractivity contribution is 5.86. The fraction of sp³-hybridized carbons (Fsp3) is 0.550. The van der Waals surface area contributed by atoms with Gasteiger partial charge in [-0.15, -0.1) is 0 Å². The zero-order valence-electron chi connectivity index (χ0n) is 15.9. The lowest BCUT2D eigenvalue weighted by Crippen LogP contribution is -2.51. The summed E-state index contributed by atoms with van der Waals surface area (Å²) >= 11 is 0. The number of carboxylic acids is 1. The van der Waals surface area contributed by atoms with Gasteiger partial charge >= 0.3 is 5.97 Å². The van der Waals surface area contributed by atoms with Crippen LogP contribution >= 0.6 is 0 Å². The van der Waals surface area contributed by atoms with Crippen LogP contribution in [-0.4, -0.2) is 53.5 Å². The third-order valence-corrected chi connectivity index (χ3v) is 4.70. The summed E-state index contributed by atoms with van der Waals surface area (Å²) < 4.78 is 5.56. The number of rotatable bonds is 8. The van der Waals surface area contributed by atoms with E-state index in [2.05, 4.69) is 5.32 Å². The van der Waals surface area contributed by atoms with Gasteiger partial charge in [-0.1, -0.05) is 32.0 Å². The van der Waals surface area contributed by atoms with Gasteiger partial charge in [0.1, 0.15) is 11.8 Å². The molecule has 0 spiro atoms. The van der Waals surface area contributed by atoms with Crippen molar-refractivity contribution in [1.82, 2.24) is 10.2 Å². The van der Waals surface area contributed by atoms with Gasteiger partial charge in [0.25, 0.3) is 0 Å². The molecule has 1 fully saturated rings. The molecule has 2 amide bonds. The van der Waals surface area contributed by atoms with Crippen LogP contribution in [0.1, 0.15) is 33.1 Å². The van der Waals surface area contributed by atoms with Crippen LogP contribution in [0, 0.1) is 11.8 Å². The Hall–Kier alpha value is -2.57. The van der Waals surface area contributed by atoms with Gasteiger partial charge in [0.15, 0.2) is 0 Å². The molecule has 1 aromatic carbocycles. The fourth-order valence-corrected chi connectivity index (χ4v) is 3.13. The van der Waals surface area contributed by atoms with Gasteiger partial charge in [0.05, 0.1) is 18.9 Å². The molecule has 7 heteroatoms. The maximum atomic E-state index is 12.4. The summed E-state index contributed by atoms with van der Waals surface area (Å²) in [5.74, 6) is -1.26. The number of nitrogens with one attached hydrogen (secondary N) is 1. The van der Waals surface area contributed by atoms with Crippen LogP contribution in [0.5, 0.6) is 5.75 Å². The van der Waals surface area contributed by atoms with Crippen LogP contribution < -0.4 is 10.1 Å². The molecule has 1 unspecified atom stereocenters. The van der Waals surface area contributed by atoms with E-state index in [1.54, 1.807) is 18.7 Å². The molecule has 1 aliphatic rings. The number of carbonyl (C=O) groups is 3. The minimum Gasteiger partial charge on any atom is -0.493 e. The lowest BCUT2D eigenvalue weighted by Gasteiger charge is -2.33. The normalized spacial score (nSPS) is 18.0. The van der Waals surface area contributed by atoms with Crippen LogP contribution in [0.15, 0.2) is 30.3 Å². The number of ether oxygens (including phenoxy) is 1. The maximum Gasteiger partial charge on any atom is 0.326 e. The number of amides is 2. The third kappa shape index (κ3) is 6.27. The Balaban J connectivity index is 1.82. The van der Waals surface area contributed by atoms with Crippen molar-refractivity contribution in [2.45, 2.75) is 39.2 Å². The predicted molar refractivity (Wildman–Crippen MR) is 100 cm³/mol. The SMILES string of the molecule is CC(C)[C@H](NC(=O)C1CCCN(C(=O)CCOc2ccccc2)C1)C(=O)O. The van der Waals surface area contributed by atoms with Crippen molar-refractivity contribution in [3.8, 4) is 5.75 Å². The molecule has 7 nitrogen and oxygen atoms in total. The van der Waals surface area contributed by atoms with Crippen molar-refractivity contribution < 1.29 is 24.2 Å². The monoisotopic (exact) mass is 376 g/mol. The topological polar surface area (TPSA) is 95.9 Å². The molecule has 27 heavy (non-hydrogen) atoms. The largest absolute Gasteiger partial charge is 0.493 e. The van der Waals surface area contributed by atoms with E-state index in [0.29, 0.717) is 19.5 Å². The Bertz CT molecular complexity index is 647. The Morgan fingerprint density at radius 2 is 1.96 bits per heavy atom. The highest BCUT2D eigenvalue weighted by atomic mass is 16.5. The number of hydrogen-bond acceptors (Lipinski definition) is 4. The van der Waals surface area contributed by atoms with E-state index in [-0.39, 0.29) is 36.7 Å². The third-order valence-electron chi connectivity index (χ3n) is 4.70. The van der Waals surface area contributed by atoms with Crippen molar-refractivity contribution in [2.24, 2.45) is 11.8 Å². The van der Waals surface area contributed by atoms with E-state index in [0.717, 1.165) is 12.2 Å². The number of hydrogen-bond donors (Lipinski definition) is 2. The predicted octanol–water partition coefficient (Wildman–Crippen LogP) is 1.92. The van der Waals surface area contributed by atoms with Crippen molar-refractivity contribution in [3.05, 3.63) is 30.3 Å². The summed E-state index contributed by atoms with van der Waals surface area (Å²) in [5.41, 5.74) is 0. The first kappa shape index (κ1) is 20.7. The number of piperidine rings is 1. The van der Waals surface area contributed by atoms with Crippen LogP contribution in [0.25, 0.3) is 0 Å². The summed E-state index contributed by atoms with van der Waals surface area (Å²) in [6.07, 6.45) is 1.62. The summed E-state index contributed by atoms with van der Waals surface area (Å²) in [5, 5.41) is 11.8. The van der Waals surface area contributed by atoms with Crippen molar-refractivity contribution in [2.75, 3.05) is 19.7 Å². The average Bonchev–Trinajstić information content (AvgIpc) is 2.66. The van der Waals surface area contributed by atoms with Gasteiger partial charge in [-0.25, -0.2) is 4.79 Å². The van der Waals surface area contributed by atoms with Gasteiger partial charge in [-0.3, -0.25) is 9.59 Å². The molecule has 148 valence electrons. The summed E-state index contributed by atoms with van der Waals surface area (Å²) in [4.78, 5) is 37.8. The van der Waals surface area contributed by atoms with Crippen molar-refractivity contribution in [1.29, 1.82) is 0 Å². The molecule has 1 aromatic rings. The lowest BCUT2D eigenvalue weighted by atomic mass is 9.95. The quantitative estimate of drug-likeness (QED) is 0.723. The summed E-state index contributed by atoms with van der Waals surface area (Å²) in [6.45, 7) is 4.72. The summed E-state index contributed by atoms with van der Waals surface area (Å²) in [6, 6.07) is 8.38. The van der Waals surface area contributed by atoms with Gasteiger partial charge in [-0.05, 0) is 30.9 Å². The van der Waals surface area contributed by atoms with E-state index in [1.807, 2.05) is 30.3 Å². The van der Waals surface area contributed by atoms with Crippen LogP contribution in [0.2, 0.25) is 0 Å². The Morgan fingerprint density at radius 1 is 1.26 bits per heavy atom. The van der Waals surface area contributed by atoms with Gasteiger partial charge in [0.2, 0.25) is 11.8 Å².